The van der Waals surface area contributed by atoms with E-state index >= 15 is 0 Å². The Morgan fingerprint density at radius 3 is 2.75 bits per heavy atom. The van der Waals surface area contributed by atoms with Gasteiger partial charge in [-0.1, -0.05) is 12.5 Å². The Hall–Kier alpha value is -3.79. The van der Waals surface area contributed by atoms with Crippen LogP contribution in [-0.4, -0.2) is 52.3 Å². The average Bonchev–Trinajstić information content (AvgIpc) is 2.88. The maximum absolute atomic E-state index is 14.1. The number of anilines is 3. The van der Waals surface area contributed by atoms with E-state index in [1.165, 1.54) is 31.5 Å². The number of amides is 1. The molecule has 0 aliphatic carbocycles. The van der Waals surface area contributed by atoms with Crippen LogP contribution in [0.1, 0.15) is 31.2 Å². The first-order valence-corrected chi connectivity index (χ1v) is 12.0. The number of halogens is 2. The fourth-order valence-corrected chi connectivity index (χ4v) is 4.10. The van der Waals surface area contributed by atoms with Gasteiger partial charge in [-0.3, -0.25) is 4.90 Å². The highest BCUT2D eigenvalue weighted by atomic mass is 19.1. The smallest absolute Gasteiger partial charge is 0.413 e. The summed E-state index contributed by atoms with van der Waals surface area (Å²) in [5.74, 6) is -0.490. The van der Waals surface area contributed by atoms with Crippen LogP contribution in [0.2, 0.25) is 0 Å². The Kier molecular flexibility index (Phi) is 8.62. The summed E-state index contributed by atoms with van der Waals surface area (Å²) in [4.78, 5) is 23.6. The Bertz CT molecular complexity index is 1170. The molecule has 1 aliphatic heterocycles. The van der Waals surface area contributed by atoms with Crippen LogP contribution in [0.3, 0.4) is 0 Å². The molecule has 10 heteroatoms. The van der Waals surface area contributed by atoms with Gasteiger partial charge in [-0.05, 0) is 68.8 Å². The van der Waals surface area contributed by atoms with E-state index in [1.54, 1.807) is 0 Å². The molecule has 0 saturated carbocycles. The van der Waals surface area contributed by atoms with Crippen molar-refractivity contribution in [1.29, 1.82) is 0 Å². The molecule has 2 heterocycles. The third-order valence-electron chi connectivity index (χ3n) is 5.91. The number of nitrogens with one attached hydrogen (secondary N) is 1. The summed E-state index contributed by atoms with van der Waals surface area (Å²) in [6.07, 6.45) is 4.83. The van der Waals surface area contributed by atoms with Crippen molar-refractivity contribution in [2.24, 2.45) is 0 Å². The molecule has 1 aliphatic rings. The van der Waals surface area contributed by atoms with Gasteiger partial charge in [-0.15, -0.1) is 0 Å². The first-order chi connectivity index (χ1) is 17.5. The van der Waals surface area contributed by atoms with E-state index in [0.29, 0.717) is 18.0 Å². The van der Waals surface area contributed by atoms with E-state index in [0.717, 1.165) is 49.2 Å². The van der Waals surface area contributed by atoms with Crippen molar-refractivity contribution in [3.63, 3.8) is 0 Å². The highest BCUT2D eigenvalue weighted by Crippen LogP contribution is 2.23. The molecule has 0 spiro atoms. The van der Waals surface area contributed by atoms with Gasteiger partial charge >= 0.3 is 6.09 Å². The van der Waals surface area contributed by atoms with Crippen LogP contribution in [0.15, 0.2) is 54.7 Å². The van der Waals surface area contributed by atoms with Gasteiger partial charge in [-0.25, -0.2) is 18.6 Å². The molecule has 8 nitrogen and oxygen atoms in total. The minimum atomic E-state index is -1.36. The fourth-order valence-electron chi connectivity index (χ4n) is 4.10. The standard InChI is InChI=1S/C26H29F2N5O3/c27-20-8-9-23(28)19(16-20)18-33(26(34)35)24-10-11-29-25(31-24)30-21-6-4-7-22(17-21)36-15-5-14-32-12-2-1-3-13-32/h4,6-11,16-17H,1-3,5,12-15,18H2,(H,34,35)(H,29,30,31). The molecule has 2 aromatic carbocycles. The molecular formula is C26H29F2N5O3. The summed E-state index contributed by atoms with van der Waals surface area (Å²) in [7, 11) is 0. The number of carbonyl (C=O) groups is 1. The van der Waals surface area contributed by atoms with Crippen LogP contribution >= 0.6 is 0 Å². The zero-order chi connectivity index (χ0) is 25.3. The van der Waals surface area contributed by atoms with Crippen LogP contribution in [-0.2, 0) is 6.54 Å². The molecule has 1 aromatic heterocycles. The van der Waals surface area contributed by atoms with Crippen molar-refractivity contribution in [3.05, 3.63) is 71.9 Å². The van der Waals surface area contributed by atoms with Crippen LogP contribution in [0.4, 0.5) is 31.0 Å². The molecule has 0 radical (unpaired) electrons. The number of hydrogen-bond donors (Lipinski definition) is 2. The van der Waals surface area contributed by atoms with E-state index < -0.39 is 24.3 Å². The minimum Gasteiger partial charge on any atom is -0.493 e. The number of piperidine rings is 1. The minimum absolute atomic E-state index is 0.0220. The Morgan fingerprint density at radius 1 is 1.11 bits per heavy atom. The van der Waals surface area contributed by atoms with Crippen molar-refractivity contribution in [2.45, 2.75) is 32.2 Å². The molecule has 1 fully saturated rings. The summed E-state index contributed by atoms with van der Waals surface area (Å²) < 4.78 is 33.5. The van der Waals surface area contributed by atoms with Crippen LogP contribution in [0.25, 0.3) is 0 Å². The first kappa shape index (κ1) is 25.3. The van der Waals surface area contributed by atoms with E-state index in [9.17, 15) is 18.7 Å². The lowest BCUT2D eigenvalue weighted by Gasteiger charge is -2.26. The number of benzene rings is 2. The first-order valence-electron chi connectivity index (χ1n) is 12.0. The molecule has 190 valence electrons. The zero-order valence-electron chi connectivity index (χ0n) is 19.9. The second-order valence-corrected chi connectivity index (χ2v) is 8.60. The lowest BCUT2D eigenvalue weighted by molar-refractivity contribution is 0.201. The molecule has 2 N–H and O–H groups in total. The van der Waals surface area contributed by atoms with Gasteiger partial charge in [0.2, 0.25) is 5.95 Å². The molecule has 0 atom stereocenters. The monoisotopic (exact) mass is 497 g/mol. The number of likely N-dealkylation sites (tertiary alicyclic amines) is 1. The third-order valence-corrected chi connectivity index (χ3v) is 5.91. The maximum Gasteiger partial charge on any atom is 0.413 e. The van der Waals surface area contributed by atoms with Crippen molar-refractivity contribution in [2.75, 3.05) is 36.5 Å². The molecule has 4 rings (SSSR count). The predicted octanol–water partition coefficient (Wildman–Crippen LogP) is 5.44. The number of carboxylic acid groups (broad SMARTS) is 1. The van der Waals surface area contributed by atoms with Crippen LogP contribution in [0, 0.1) is 11.6 Å². The number of rotatable bonds is 10. The van der Waals surface area contributed by atoms with Crippen molar-refractivity contribution in [1.82, 2.24) is 14.9 Å². The van der Waals surface area contributed by atoms with Gasteiger partial charge < -0.3 is 20.1 Å². The Labute approximate surface area is 208 Å². The number of hydrogen-bond acceptors (Lipinski definition) is 6. The average molecular weight is 498 g/mol. The molecule has 0 bridgehead atoms. The zero-order valence-corrected chi connectivity index (χ0v) is 19.9. The van der Waals surface area contributed by atoms with Gasteiger partial charge in [0.25, 0.3) is 0 Å². The molecule has 3 aromatic rings. The highest BCUT2D eigenvalue weighted by molar-refractivity contribution is 5.84. The van der Waals surface area contributed by atoms with Crippen LogP contribution < -0.4 is 15.0 Å². The predicted molar refractivity (Wildman–Crippen MR) is 133 cm³/mol. The lowest BCUT2D eigenvalue weighted by Crippen LogP contribution is -2.31. The Morgan fingerprint density at radius 2 is 1.94 bits per heavy atom. The summed E-state index contributed by atoms with van der Waals surface area (Å²) in [6.45, 7) is 3.55. The summed E-state index contributed by atoms with van der Waals surface area (Å²) in [5, 5.41) is 12.7. The van der Waals surface area contributed by atoms with Gasteiger partial charge in [0.05, 0.1) is 13.2 Å². The quantitative estimate of drug-likeness (QED) is 0.361. The number of ether oxygens (including phenoxy) is 1. The summed E-state index contributed by atoms with van der Waals surface area (Å²) >= 11 is 0. The molecular weight excluding hydrogens is 468 g/mol. The number of aromatic nitrogens is 2. The maximum atomic E-state index is 14.1. The molecule has 36 heavy (non-hydrogen) atoms. The summed E-state index contributed by atoms with van der Waals surface area (Å²) in [5.41, 5.74) is 0.564. The summed E-state index contributed by atoms with van der Waals surface area (Å²) in [6, 6.07) is 11.6. The van der Waals surface area contributed by atoms with E-state index in [-0.39, 0.29) is 17.3 Å². The Balaban J connectivity index is 1.38. The van der Waals surface area contributed by atoms with Gasteiger partial charge in [-0.2, -0.15) is 4.98 Å². The largest absolute Gasteiger partial charge is 0.493 e. The van der Waals surface area contributed by atoms with E-state index in [4.69, 9.17) is 4.74 Å². The van der Waals surface area contributed by atoms with Gasteiger partial charge in [0.15, 0.2) is 0 Å². The molecule has 1 saturated heterocycles. The van der Waals surface area contributed by atoms with Crippen molar-refractivity contribution >= 4 is 23.5 Å². The fraction of sp³-hybridized carbons (Fsp3) is 0.346. The third kappa shape index (κ3) is 7.11. The van der Waals surface area contributed by atoms with Crippen molar-refractivity contribution in [3.8, 4) is 5.75 Å². The van der Waals surface area contributed by atoms with E-state index in [2.05, 4.69) is 20.2 Å². The van der Waals surface area contributed by atoms with E-state index in [1.807, 2.05) is 24.3 Å². The SMILES string of the molecule is O=C(O)N(Cc1cc(F)ccc1F)c1ccnc(Nc2cccc(OCCCN3CCCCC3)c2)n1. The van der Waals surface area contributed by atoms with Crippen molar-refractivity contribution < 1.29 is 23.4 Å². The molecule has 0 unspecified atom stereocenters. The molecule has 1 amide bonds. The van der Waals surface area contributed by atoms with Gasteiger partial charge in [0, 0.05) is 30.1 Å². The number of nitrogens with zero attached hydrogens (tertiary/aromatic N) is 4. The second-order valence-electron chi connectivity index (χ2n) is 8.60. The normalized spacial score (nSPS) is 13.8. The lowest BCUT2D eigenvalue weighted by atomic mass is 10.1. The van der Waals surface area contributed by atoms with Gasteiger partial charge in [0.1, 0.15) is 23.2 Å². The highest BCUT2D eigenvalue weighted by Gasteiger charge is 2.19. The topological polar surface area (TPSA) is 90.8 Å². The second kappa shape index (κ2) is 12.3. The van der Waals surface area contributed by atoms with Crippen LogP contribution in [0.5, 0.6) is 5.75 Å².